The average molecular weight is 495 g/mol. The van der Waals surface area contributed by atoms with E-state index >= 15 is 0 Å². The minimum absolute atomic E-state index is 0.0893. The van der Waals surface area contributed by atoms with Crippen LogP contribution in [0, 0.1) is 0 Å². The summed E-state index contributed by atoms with van der Waals surface area (Å²) < 4.78 is 31.7. The standard InChI is InChI=1S/C18H30O12Si2/c1-8-9-10-11-18(31(25-12(2)19,26-13(3)20)27-14(4)21)32(28-15(5)22,29-16(6)23)30-17(7)24/h18H,8-11H2,1-7H3. The Hall–Kier alpha value is -2.75. The fraction of sp³-hybridized carbons (Fsp3) is 0.667. The Morgan fingerprint density at radius 3 is 0.969 bits per heavy atom. The van der Waals surface area contributed by atoms with E-state index in [0.717, 1.165) is 48.0 Å². The molecule has 0 fully saturated rings. The molecule has 0 unspecified atom stereocenters. The van der Waals surface area contributed by atoms with Crippen molar-refractivity contribution in [1.29, 1.82) is 0 Å². The molecule has 0 amide bonds. The minimum atomic E-state index is -4.82. The van der Waals surface area contributed by atoms with Gasteiger partial charge in [0.05, 0.1) is 0 Å². The summed E-state index contributed by atoms with van der Waals surface area (Å²) in [6, 6.07) is 0. The smallest absolute Gasteiger partial charge is 0.455 e. The van der Waals surface area contributed by atoms with Crippen LogP contribution in [0.2, 0.25) is 5.16 Å². The molecule has 0 aliphatic rings. The maximum atomic E-state index is 12.0. The predicted molar refractivity (Wildman–Crippen MR) is 110 cm³/mol. The van der Waals surface area contributed by atoms with Gasteiger partial charge in [-0.1, -0.05) is 26.2 Å². The maximum absolute atomic E-state index is 12.0. The van der Waals surface area contributed by atoms with Crippen molar-refractivity contribution in [3.63, 3.8) is 0 Å². The van der Waals surface area contributed by atoms with Gasteiger partial charge in [-0.3, -0.25) is 28.8 Å². The number of hydrogen-bond acceptors (Lipinski definition) is 12. The molecule has 0 bridgehead atoms. The zero-order valence-electron chi connectivity index (χ0n) is 19.3. The average Bonchev–Trinajstić information content (AvgIpc) is 2.54. The summed E-state index contributed by atoms with van der Waals surface area (Å²) >= 11 is 0. The summed E-state index contributed by atoms with van der Waals surface area (Å²) in [4.78, 5) is 71.8. The Balaban J connectivity index is 7.16. The first kappa shape index (κ1) is 29.3. The molecule has 32 heavy (non-hydrogen) atoms. The van der Waals surface area contributed by atoms with E-state index in [9.17, 15) is 28.8 Å². The Morgan fingerprint density at radius 2 is 0.781 bits per heavy atom. The van der Waals surface area contributed by atoms with E-state index in [1.54, 1.807) is 0 Å². The Morgan fingerprint density at radius 1 is 0.531 bits per heavy atom. The first-order valence-corrected chi connectivity index (χ1v) is 13.5. The molecular weight excluding hydrogens is 464 g/mol. The van der Waals surface area contributed by atoms with E-state index in [2.05, 4.69) is 0 Å². The third-order valence-corrected chi connectivity index (χ3v) is 11.5. The topological polar surface area (TPSA) is 158 Å². The van der Waals surface area contributed by atoms with Crippen LogP contribution in [0.4, 0.5) is 0 Å². The second kappa shape index (κ2) is 13.0. The molecule has 0 aromatic heterocycles. The highest BCUT2D eigenvalue weighted by Crippen LogP contribution is 2.41. The van der Waals surface area contributed by atoms with E-state index in [1.165, 1.54) is 0 Å². The quantitative estimate of drug-likeness (QED) is 0.286. The third-order valence-electron chi connectivity index (χ3n) is 3.67. The van der Waals surface area contributed by atoms with Crippen LogP contribution in [0.25, 0.3) is 0 Å². The minimum Gasteiger partial charge on any atom is -0.455 e. The molecule has 14 heteroatoms. The van der Waals surface area contributed by atoms with Gasteiger partial charge in [-0.2, -0.15) is 0 Å². The van der Waals surface area contributed by atoms with Crippen molar-refractivity contribution in [2.24, 2.45) is 0 Å². The van der Waals surface area contributed by atoms with Gasteiger partial charge in [0.2, 0.25) is 0 Å². The van der Waals surface area contributed by atoms with Crippen LogP contribution in [0.1, 0.15) is 74.1 Å². The lowest BCUT2D eigenvalue weighted by molar-refractivity contribution is -0.148. The van der Waals surface area contributed by atoms with E-state index in [1.807, 2.05) is 6.92 Å². The number of carbonyl (C=O) groups excluding carboxylic acids is 6. The lowest BCUT2D eigenvalue weighted by Gasteiger charge is -2.38. The van der Waals surface area contributed by atoms with Gasteiger partial charge in [-0.15, -0.1) is 0 Å². The molecule has 0 aromatic rings. The fourth-order valence-corrected chi connectivity index (χ4v) is 10.3. The summed E-state index contributed by atoms with van der Waals surface area (Å²) in [5.74, 6) is -5.94. The van der Waals surface area contributed by atoms with E-state index in [-0.39, 0.29) is 6.42 Å². The lowest BCUT2D eigenvalue weighted by Crippen LogP contribution is -2.66. The molecule has 0 saturated carbocycles. The summed E-state index contributed by atoms with van der Waals surface area (Å²) in [6.45, 7) is 7.75. The molecule has 12 nitrogen and oxygen atoms in total. The summed E-state index contributed by atoms with van der Waals surface area (Å²) in [5, 5.41) is -1.53. The van der Waals surface area contributed by atoms with Crippen LogP contribution in [-0.4, -0.2) is 53.4 Å². The Kier molecular flexibility index (Phi) is 11.8. The Bertz CT molecular complexity index is 598. The predicted octanol–water partition coefficient (Wildman–Crippen LogP) is 1.73. The van der Waals surface area contributed by atoms with Crippen LogP contribution < -0.4 is 0 Å². The molecule has 0 atom stereocenters. The van der Waals surface area contributed by atoms with Crippen LogP contribution in [0.15, 0.2) is 0 Å². The molecular formula is C18H30O12Si2. The summed E-state index contributed by atoms with van der Waals surface area (Å²) in [5.41, 5.74) is 0. The van der Waals surface area contributed by atoms with Crippen LogP contribution in [0.5, 0.6) is 0 Å². The monoisotopic (exact) mass is 494 g/mol. The highest BCUT2D eigenvalue weighted by Gasteiger charge is 2.77. The van der Waals surface area contributed by atoms with Gasteiger partial charge in [-0.05, 0) is 6.42 Å². The zero-order chi connectivity index (χ0) is 25.1. The zero-order valence-corrected chi connectivity index (χ0v) is 21.3. The van der Waals surface area contributed by atoms with Gasteiger partial charge in [0.25, 0.3) is 35.8 Å². The van der Waals surface area contributed by atoms with Gasteiger partial charge in [0.15, 0.2) is 5.16 Å². The third kappa shape index (κ3) is 9.59. The van der Waals surface area contributed by atoms with Gasteiger partial charge < -0.3 is 26.6 Å². The number of carbonyl (C=O) groups is 6. The van der Waals surface area contributed by atoms with Crippen molar-refractivity contribution in [2.45, 2.75) is 79.3 Å². The molecule has 0 aromatic carbocycles. The second-order valence-electron chi connectivity index (χ2n) is 6.82. The van der Waals surface area contributed by atoms with Crippen molar-refractivity contribution in [3.05, 3.63) is 0 Å². The molecule has 0 aliphatic heterocycles. The number of hydrogen-bond donors (Lipinski definition) is 0. The van der Waals surface area contributed by atoms with Gasteiger partial charge in [0.1, 0.15) is 0 Å². The van der Waals surface area contributed by atoms with Gasteiger partial charge in [-0.25, -0.2) is 0 Å². The van der Waals surface area contributed by atoms with Gasteiger partial charge in [0, 0.05) is 41.5 Å². The van der Waals surface area contributed by atoms with Crippen LogP contribution >= 0.6 is 0 Å². The number of unbranched alkanes of at least 4 members (excludes halogenated alkanes) is 2. The van der Waals surface area contributed by atoms with Crippen LogP contribution in [0.3, 0.4) is 0 Å². The van der Waals surface area contributed by atoms with E-state index < -0.39 is 58.6 Å². The lowest BCUT2D eigenvalue weighted by atomic mass is 10.2. The summed E-state index contributed by atoms with van der Waals surface area (Å²) in [6.07, 6.45) is 1.58. The van der Waals surface area contributed by atoms with E-state index in [0.29, 0.717) is 12.8 Å². The molecule has 0 aliphatic carbocycles. The molecule has 0 N–H and O–H groups in total. The Labute approximate surface area is 188 Å². The first-order chi connectivity index (χ1) is 14.7. The van der Waals surface area contributed by atoms with Crippen molar-refractivity contribution < 1.29 is 55.3 Å². The first-order valence-electron chi connectivity index (χ1n) is 9.87. The number of rotatable bonds is 12. The molecule has 0 saturated heterocycles. The van der Waals surface area contributed by atoms with Crippen molar-refractivity contribution in [3.8, 4) is 0 Å². The van der Waals surface area contributed by atoms with Gasteiger partial charge >= 0.3 is 17.6 Å². The highest BCUT2D eigenvalue weighted by atomic mass is 28.5. The van der Waals surface area contributed by atoms with E-state index in [4.69, 9.17) is 26.6 Å². The SMILES string of the molecule is CCCCCC([Si](OC(C)=O)(OC(C)=O)OC(C)=O)[Si](OC(C)=O)(OC(C)=O)OC(C)=O. The molecule has 0 spiro atoms. The summed E-state index contributed by atoms with van der Waals surface area (Å²) in [7, 11) is -9.64. The van der Waals surface area contributed by atoms with Crippen molar-refractivity contribution >= 4 is 53.4 Å². The van der Waals surface area contributed by atoms with Crippen LogP contribution in [-0.2, 0) is 55.3 Å². The molecule has 0 heterocycles. The normalized spacial score (nSPS) is 11.2. The molecule has 0 rings (SSSR count). The largest absolute Gasteiger partial charge is 0.716 e. The second-order valence-corrected chi connectivity index (χ2v) is 12.4. The highest BCUT2D eigenvalue weighted by molar-refractivity contribution is 6.86. The van der Waals surface area contributed by atoms with Crippen molar-refractivity contribution in [2.75, 3.05) is 0 Å². The fourth-order valence-electron chi connectivity index (χ4n) is 2.92. The molecule has 0 radical (unpaired) electrons. The van der Waals surface area contributed by atoms with Crippen molar-refractivity contribution in [1.82, 2.24) is 0 Å². The maximum Gasteiger partial charge on any atom is 0.716 e. The molecule has 182 valence electrons.